The molecular weight excluding hydrogens is 458 g/mol. The summed E-state index contributed by atoms with van der Waals surface area (Å²) in [5, 5.41) is 10.2. The summed E-state index contributed by atoms with van der Waals surface area (Å²) in [5.41, 5.74) is 3.01. The predicted octanol–water partition coefficient (Wildman–Crippen LogP) is 7.61. The van der Waals surface area contributed by atoms with Gasteiger partial charge in [-0.15, -0.1) is 0 Å². The number of nitrogens with zero attached hydrogens (tertiary/aromatic N) is 3. The highest BCUT2D eigenvalue weighted by Gasteiger charge is 2.25. The minimum Gasteiger partial charge on any atom is -0.487 e. The molecule has 0 radical (unpaired) electrons. The summed E-state index contributed by atoms with van der Waals surface area (Å²) in [4.78, 5) is 4.77. The number of hydrogen-bond donors (Lipinski definition) is 0. The number of benzene rings is 1. The third-order valence-corrected chi connectivity index (χ3v) is 6.02. The van der Waals surface area contributed by atoms with Crippen LogP contribution in [0, 0.1) is 11.3 Å². The van der Waals surface area contributed by atoms with Crippen molar-refractivity contribution in [2.75, 3.05) is 44.7 Å². The standard InChI is InChI=1S/C30H45N3O2.C2H6/c1-9-11-26(24-13-15-25(16-14-24)33-20-18-32(8)19-21-33)27(23-31)28(12-10-2)35-30(6,7)17-22-34-29(3,4)5;1-2/h9,11-16H,10,17-22H2,1-8H3;1-2H3/b11-9-,27-26+,28-12-;. The number of nitriles is 1. The average molecular weight is 510 g/mol. The second-order valence-electron chi connectivity index (χ2n) is 10.8. The van der Waals surface area contributed by atoms with E-state index in [1.165, 1.54) is 5.69 Å². The molecule has 0 unspecified atom stereocenters. The molecule has 5 nitrogen and oxygen atoms in total. The van der Waals surface area contributed by atoms with Crippen molar-refractivity contribution in [1.82, 2.24) is 4.90 Å². The van der Waals surface area contributed by atoms with Crippen LogP contribution in [0.5, 0.6) is 0 Å². The molecule has 1 saturated heterocycles. The van der Waals surface area contributed by atoms with Gasteiger partial charge in [-0.3, -0.25) is 0 Å². The van der Waals surface area contributed by atoms with Crippen molar-refractivity contribution < 1.29 is 9.47 Å². The Morgan fingerprint density at radius 1 is 1.03 bits per heavy atom. The predicted molar refractivity (Wildman–Crippen MR) is 159 cm³/mol. The second kappa shape index (κ2) is 15.6. The summed E-state index contributed by atoms with van der Waals surface area (Å²) in [6.45, 7) is 23.1. The van der Waals surface area contributed by atoms with E-state index in [0.29, 0.717) is 17.9 Å². The van der Waals surface area contributed by atoms with E-state index in [0.717, 1.165) is 50.2 Å². The molecule has 0 amide bonds. The number of anilines is 1. The summed E-state index contributed by atoms with van der Waals surface area (Å²) >= 11 is 0. The number of rotatable bonds is 10. The molecule has 37 heavy (non-hydrogen) atoms. The van der Waals surface area contributed by atoms with E-state index in [2.05, 4.69) is 88.7 Å². The summed E-state index contributed by atoms with van der Waals surface area (Å²) in [5.74, 6) is 0.631. The van der Waals surface area contributed by atoms with Crippen LogP contribution in [0.4, 0.5) is 5.69 Å². The summed E-state index contributed by atoms with van der Waals surface area (Å²) in [6.07, 6.45) is 7.50. The van der Waals surface area contributed by atoms with E-state index in [9.17, 15) is 5.26 Å². The lowest BCUT2D eigenvalue weighted by atomic mass is 9.97. The van der Waals surface area contributed by atoms with Gasteiger partial charge in [0.1, 0.15) is 23.0 Å². The number of allylic oxidation sites excluding steroid dienone is 5. The lowest BCUT2D eigenvalue weighted by molar-refractivity contribution is -0.0441. The van der Waals surface area contributed by atoms with Gasteiger partial charge in [-0.05, 0) is 78.8 Å². The monoisotopic (exact) mass is 509 g/mol. The van der Waals surface area contributed by atoms with Crippen LogP contribution in [0.25, 0.3) is 5.57 Å². The SMILES string of the molecule is CC.C\C=C/C(=C(C#N)\C(=C\CC)OC(C)(C)CCOC(C)(C)C)c1ccc(N2CCN(C)CC2)cc1. The molecule has 0 spiro atoms. The molecule has 5 heteroatoms. The van der Waals surface area contributed by atoms with Crippen LogP contribution in [0.3, 0.4) is 0 Å². The molecule has 1 aliphatic rings. The van der Waals surface area contributed by atoms with Crippen molar-refractivity contribution in [2.45, 2.75) is 86.4 Å². The molecular formula is C32H51N3O2. The molecule has 1 heterocycles. The van der Waals surface area contributed by atoms with Crippen molar-refractivity contribution in [3.8, 4) is 6.07 Å². The molecule has 1 fully saturated rings. The van der Waals surface area contributed by atoms with E-state index < -0.39 is 5.60 Å². The Bertz CT molecular complexity index is 936. The fourth-order valence-electron chi connectivity index (χ4n) is 3.99. The van der Waals surface area contributed by atoms with E-state index >= 15 is 0 Å². The zero-order chi connectivity index (χ0) is 28.1. The van der Waals surface area contributed by atoms with Gasteiger partial charge < -0.3 is 19.3 Å². The van der Waals surface area contributed by atoms with Gasteiger partial charge in [-0.25, -0.2) is 0 Å². The highest BCUT2D eigenvalue weighted by atomic mass is 16.5. The Morgan fingerprint density at radius 3 is 2.11 bits per heavy atom. The minimum atomic E-state index is -0.472. The maximum atomic E-state index is 10.2. The van der Waals surface area contributed by atoms with Crippen molar-refractivity contribution in [3.63, 3.8) is 0 Å². The maximum absolute atomic E-state index is 10.2. The zero-order valence-corrected chi connectivity index (χ0v) is 25.1. The maximum Gasteiger partial charge on any atom is 0.134 e. The van der Waals surface area contributed by atoms with Gasteiger partial charge in [0.25, 0.3) is 0 Å². The minimum absolute atomic E-state index is 0.189. The van der Waals surface area contributed by atoms with Crippen LogP contribution in [-0.2, 0) is 9.47 Å². The normalized spacial score (nSPS) is 16.1. The first kappa shape index (κ1) is 32.5. The van der Waals surface area contributed by atoms with Crippen molar-refractivity contribution in [3.05, 3.63) is 59.4 Å². The number of likely N-dealkylation sites (N-methyl/N-ethyl adjacent to an activating group) is 1. The molecule has 0 saturated carbocycles. The van der Waals surface area contributed by atoms with Gasteiger partial charge in [0, 0.05) is 43.9 Å². The second-order valence-corrected chi connectivity index (χ2v) is 10.8. The van der Waals surface area contributed by atoms with E-state index in [1.807, 2.05) is 39.0 Å². The highest BCUT2D eigenvalue weighted by Crippen LogP contribution is 2.31. The first-order chi connectivity index (χ1) is 17.5. The molecule has 0 N–H and O–H groups in total. The van der Waals surface area contributed by atoms with E-state index in [1.54, 1.807) is 0 Å². The first-order valence-electron chi connectivity index (χ1n) is 13.8. The third kappa shape index (κ3) is 11.2. The quantitative estimate of drug-likeness (QED) is 0.184. The molecule has 2 rings (SSSR count). The van der Waals surface area contributed by atoms with Gasteiger partial charge in [-0.1, -0.05) is 45.1 Å². The average Bonchev–Trinajstić information content (AvgIpc) is 2.85. The molecule has 0 atom stereocenters. The first-order valence-corrected chi connectivity index (χ1v) is 13.8. The Morgan fingerprint density at radius 2 is 1.62 bits per heavy atom. The lowest BCUT2D eigenvalue weighted by Crippen LogP contribution is -2.44. The van der Waals surface area contributed by atoms with Gasteiger partial charge in [0.05, 0.1) is 12.2 Å². The Labute approximate surface area is 227 Å². The van der Waals surface area contributed by atoms with Crippen molar-refractivity contribution in [2.24, 2.45) is 0 Å². The van der Waals surface area contributed by atoms with E-state index in [-0.39, 0.29) is 5.60 Å². The van der Waals surface area contributed by atoms with Crippen LogP contribution in [0.15, 0.2) is 53.8 Å². The summed E-state index contributed by atoms with van der Waals surface area (Å²) in [6, 6.07) is 11.0. The lowest BCUT2D eigenvalue weighted by Gasteiger charge is -2.34. The van der Waals surface area contributed by atoms with Crippen LogP contribution in [-0.4, -0.2) is 55.9 Å². The molecule has 206 valence electrons. The van der Waals surface area contributed by atoms with Crippen LogP contribution < -0.4 is 4.90 Å². The zero-order valence-electron chi connectivity index (χ0n) is 25.1. The van der Waals surface area contributed by atoms with Crippen LogP contribution in [0.1, 0.15) is 80.7 Å². The number of ether oxygens (including phenoxy) is 2. The molecule has 1 aromatic rings. The highest BCUT2D eigenvalue weighted by molar-refractivity contribution is 5.82. The molecule has 1 aliphatic heterocycles. The molecule has 0 bridgehead atoms. The fourth-order valence-corrected chi connectivity index (χ4v) is 3.99. The smallest absolute Gasteiger partial charge is 0.134 e. The number of piperazine rings is 1. The third-order valence-electron chi connectivity index (χ3n) is 6.02. The van der Waals surface area contributed by atoms with Gasteiger partial charge in [0.2, 0.25) is 0 Å². The molecule has 0 aromatic heterocycles. The molecule has 0 aliphatic carbocycles. The van der Waals surface area contributed by atoms with Crippen LogP contribution >= 0.6 is 0 Å². The Kier molecular flexibility index (Phi) is 13.7. The Hall–Kier alpha value is -2.55. The fraction of sp³-hybridized carbons (Fsp3) is 0.594. The van der Waals surface area contributed by atoms with Crippen molar-refractivity contribution >= 4 is 11.3 Å². The van der Waals surface area contributed by atoms with Gasteiger partial charge in [-0.2, -0.15) is 5.26 Å². The summed E-state index contributed by atoms with van der Waals surface area (Å²) in [7, 11) is 2.17. The summed E-state index contributed by atoms with van der Waals surface area (Å²) < 4.78 is 12.4. The van der Waals surface area contributed by atoms with Gasteiger partial charge >= 0.3 is 0 Å². The molecule has 1 aromatic carbocycles. The Balaban J connectivity index is 0.00000334. The van der Waals surface area contributed by atoms with E-state index in [4.69, 9.17) is 9.47 Å². The van der Waals surface area contributed by atoms with Crippen LogP contribution in [0.2, 0.25) is 0 Å². The number of hydrogen-bond acceptors (Lipinski definition) is 5. The topological polar surface area (TPSA) is 48.7 Å². The van der Waals surface area contributed by atoms with Gasteiger partial charge in [0.15, 0.2) is 0 Å². The largest absolute Gasteiger partial charge is 0.487 e. The van der Waals surface area contributed by atoms with Crippen molar-refractivity contribution in [1.29, 1.82) is 5.26 Å².